The van der Waals surface area contributed by atoms with E-state index in [0.29, 0.717) is 25.2 Å². The van der Waals surface area contributed by atoms with E-state index in [1.54, 1.807) is 12.1 Å². The molecule has 2 N–H and O–H groups in total. The number of para-hydroxylation sites is 2. The number of nitrogens with one attached hydrogen (secondary N) is 2. The number of hydrogen-bond donors (Lipinski definition) is 2. The predicted molar refractivity (Wildman–Crippen MR) is 101 cm³/mol. The lowest BCUT2D eigenvalue weighted by Crippen LogP contribution is -2.30. The van der Waals surface area contributed by atoms with Crippen molar-refractivity contribution in [1.29, 1.82) is 0 Å². The summed E-state index contributed by atoms with van der Waals surface area (Å²) >= 11 is 5.13. The molecule has 1 fully saturated rings. The standard InChI is InChI=1S/C18H19F5N4OS/c19-16(20)28-14-5-2-1-4-12(14)25-17(29)24-8-3-9-27-13(11-6-7-11)10-15(26-27)18(21,22)23/h1-2,4-5,10-11,16H,3,6-9H2,(H2,24,25,29). The van der Waals surface area contributed by atoms with Gasteiger partial charge in [-0.15, -0.1) is 0 Å². The first-order valence-electron chi connectivity index (χ1n) is 8.97. The number of aryl methyl sites for hydroxylation is 1. The topological polar surface area (TPSA) is 51.1 Å². The van der Waals surface area contributed by atoms with Crippen LogP contribution in [-0.4, -0.2) is 28.0 Å². The Bertz CT molecular complexity index is 851. The van der Waals surface area contributed by atoms with Gasteiger partial charge < -0.3 is 15.4 Å². The highest BCUT2D eigenvalue weighted by Crippen LogP contribution is 2.42. The average molecular weight is 434 g/mol. The maximum absolute atomic E-state index is 12.9. The third kappa shape index (κ3) is 6.02. The lowest BCUT2D eigenvalue weighted by atomic mass is 10.2. The van der Waals surface area contributed by atoms with E-state index in [-0.39, 0.29) is 22.5 Å². The number of aromatic nitrogens is 2. The second-order valence-electron chi connectivity index (χ2n) is 6.56. The largest absolute Gasteiger partial charge is 0.435 e. The highest BCUT2D eigenvalue weighted by atomic mass is 32.1. The summed E-state index contributed by atoms with van der Waals surface area (Å²) in [5, 5.41) is 9.55. The zero-order valence-electron chi connectivity index (χ0n) is 15.2. The van der Waals surface area contributed by atoms with E-state index in [1.807, 2.05) is 0 Å². The molecule has 0 unspecified atom stereocenters. The quantitative estimate of drug-likeness (QED) is 0.357. The normalized spacial score (nSPS) is 14.1. The Balaban J connectivity index is 1.50. The van der Waals surface area contributed by atoms with Gasteiger partial charge >= 0.3 is 12.8 Å². The van der Waals surface area contributed by atoms with Crippen LogP contribution in [0.25, 0.3) is 0 Å². The van der Waals surface area contributed by atoms with Crippen LogP contribution in [0.5, 0.6) is 5.75 Å². The lowest BCUT2D eigenvalue weighted by molar-refractivity contribution is -0.141. The highest BCUT2D eigenvalue weighted by Gasteiger charge is 2.37. The summed E-state index contributed by atoms with van der Waals surface area (Å²) < 4.78 is 69.4. The molecule has 0 spiro atoms. The van der Waals surface area contributed by atoms with Gasteiger partial charge in [0.05, 0.1) is 5.69 Å². The zero-order chi connectivity index (χ0) is 21.0. The van der Waals surface area contributed by atoms with E-state index >= 15 is 0 Å². The van der Waals surface area contributed by atoms with Crippen LogP contribution in [0.1, 0.15) is 36.6 Å². The smallest absolute Gasteiger partial charge is 0.433 e. The van der Waals surface area contributed by atoms with Gasteiger partial charge in [0.25, 0.3) is 0 Å². The Morgan fingerprint density at radius 1 is 1.28 bits per heavy atom. The van der Waals surface area contributed by atoms with E-state index in [2.05, 4.69) is 20.5 Å². The number of halogens is 5. The van der Waals surface area contributed by atoms with E-state index in [4.69, 9.17) is 12.2 Å². The third-order valence-corrected chi connectivity index (χ3v) is 4.53. The number of rotatable bonds is 8. The van der Waals surface area contributed by atoms with Crippen molar-refractivity contribution in [3.63, 3.8) is 0 Å². The fourth-order valence-corrected chi connectivity index (χ4v) is 3.03. The summed E-state index contributed by atoms with van der Waals surface area (Å²) in [6.45, 7) is -2.28. The van der Waals surface area contributed by atoms with Gasteiger partial charge in [0.2, 0.25) is 0 Å². The molecule has 1 aromatic heterocycles. The minimum absolute atomic E-state index is 0.0445. The Morgan fingerprint density at radius 3 is 2.66 bits per heavy atom. The van der Waals surface area contributed by atoms with Crippen LogP contribution in [0, 0.1) is 0 Å². The molecule has 3 rings (SSSR count). The molecule has 1 heterocycles. The van der Waals surface area contributed by atoms with Crippen LogP contribution in [0.3, 0.4) is 0 Å². The molecule has 158 valence electrons. The fourth-order valence-electron chi connectivity index (χ4n) is 2.82. The Morgan fingerprint density at radius 2 is 2.00 bits per heavy atom. The van der Waals surface area contributed by atoms with Crippen molar-refractivity contribution in [3.8, 4) is 5.75 Å². The van der Waals surface area contributed by atoms with Crippen molar-refractivity contribution in [1.82, 2.24) is 15.1 Å². The molecule has 0 amide bonds. The molecule has 29 heavy (non-hydrogen) atoms. The Hall–Kier alpha value is -2.43. The number of benzene rings is 1. The first-order chi connectivity index (χ1) is 13.7. The Kier molecular flexibility index (Phi) is 6.56. The van der Waals surface area contributed by atoms with Gasteiger partial charge in [0, 0.05) is 24.7 Å². The van der Waals surface area contributed by atoms with Crippen LogP contribution in [-0.2, 0) is 12.7 Å². The van der Waals surface area contributed by atoms with Gasteiger partial charge in [-0.3, -0.25) is 4.68 Å². The zero-order valence-corrected chi connectivity index (χ0v) is 16.0. The maximum atomic E-state index is 12.9. The summed E-state index contributed by atoms with van der Waals surface area (Å²) in [5.74, 6) is 0.0950. The SMILES string of the molecule is FC(F)Oc1ccccc1NC(=S)NCCCn1nc(C(F)(F)F)cc1C1CC1. The third-order valence-electron chi connectivity index (χ3n) is 4.28. The minimum atomic E-state index is -4.47. The van der Waals surface area contributed by atoms with Crippen LogP contribution < -0.4 is 15.4 Å². The van der Waals surface area contributed by atoms with Gasteiger partial charge in [0.1, 0.15) is 5.75 Å². The first-order valence-corrected chi connectivity index (χ1v) is 9.38. The molecule has 1 aromatic carbocycles. The number of nitrogens with zero attached hydrogens (tertiary/aromatic N) is 2. The summed E-state index contributed by atoms with van der Waals surface area (Å²) in [4.78, 5) is 0. The summed E-state index contributed by atoms with van der Waals surface area (Å²) in [6.07, 6.45) is -2.24. The molecular formula is C18H19F5N4OS. The van der Waals surface area contributed by atoms with Crippen molar-refractivity contribution < 1.29 is 26.7 Å². The second-order valence-corrected chi connectivity index (χ2v) is 6.97. The number of anilines is 1. The number of hydrogen-bond acceptors (Lipinski definition) is 3. The van der Waals surface area contributed by atoms with E-state index in [9.17, 15) is 22.0 Å². The molecular weight excluding hydrogens is 415 g/mol. The molecule has 11 heteroatoms. The Labute approximate surface area is 169 Å². The second kappa shape index (κ2) is 8.93. The van der Waals surface area contributed by atoms with Crippen molar-refractivity contribution >= 4 is 23.0 Å². The van der Waals surface area contributed by atoms with Crippen molar-refractivity contribution in [3.05, 3.63) is 41.7 Å². The molecule has 0 saturated heterocycles. The maximum Gasteiger partial charge on any atom is 0.435 e. The highest BCUT2D eigenvalue weighted by molar-refractivity contribution is 7.80. The molecule has 2 aromatic rings. The molecule has 0 aliphatic heterocycles. The van der Waals surface area contributed by atoms with E-state index in [1.165, 1.54) is 16.8 Å². The summed E-state index contributed by atoms with van der Waals surface area (Å²) in [5.41, 5.74) is 0.0134. The summed E-state index contributed by atoms with van der Waals surface area (Å²) in [7, 11) is 0. The molecule has 0 radical (unpaired) electrons. The monoisotopic (exact) mass is 434 g/mol. The van der Waals surface area contributed by atoms with Gasteiger partial charge in [-0.2, -0.15) is 27.1 Å². The van der Waals surface area contributed by atoms with Crippen molar-refractivity contribution in [2.24, 2.45) is 0 Å². The lowest BCUT2D eigenvalue weighted by Gasteiger charge is -2.14. The van der Waals surface area contributed by atoms with E-state index < -0.39 is 18.5 Å². The fraction of sp³-hybridized carbons (Fsp3) is 0.444. The first kappa shape index (κ1) is 21.3. The average Bonchev–Trinajstić information content (AvgIpc) is 3.38. The number of thiocarbonyl (C=S) groups is 1. The van der Waals surface area contributed by atoms with Crippen LogP contribution in [0.2, 0.25) is 0 Å². The molecule has 5 nitrogen and oxygen atoms in total. The van der Waals surface area contributed by atoms with Crippen molar-refractivity contribution in [2.45, 2.75) is 44.5 Å². The van der Waals surface area contributed by atoms with Crippen molar-refractivity contribution in [2.75, 3.05) is 11.9 Å². The van der Waals surface area contributed by atoms with Gasteiger partial charge in [-0.25, -0.2) is 0 Å². The molecule has 1 aliphatic rings. The van der Waals surface area contributed by atoms with Crippen LogP contribution in [0.4, 0.5) is 27.6 Å². The van der Waals surface area contributed by atoms with Gasteiger partial charge in [-0.1, -0.05) is 12.1 Å². The van der Waals surface area contributed by atoms with Gasteiger partial charge in [0.15, 0.2) is 10.8 Å². The van der Waals surface area contributed by atoms with Crippen LogP contribution >= 0.6 is 12.2 Å². The molecule has 0 atom stereocenters. The summed E-state index contributed by atoms with van der Waals surface area (Å²) in [6, 6.07) is 7.23. The molecule has 1 saturated carbocycles. The minimum Gasteiger partial charge on any atom is -0.433 e. The number of alkyl halides is 5. The predicted octanol–water partition coefficient (Wildman–Crippen LogP) is 4.76. The van der Waals surface area contributed by atoms with Gasteiger partial charge in [-0.05, 0) is 49.7 Å². The molecule has 0 bridgehead atoms. The van der Waals surface area contributed by atoms with Crippen LogP contribution in [0.15, 0.2) is 30.3 Å². The number of ether oxygens (including phenoxy) is 1. The molecule has 1 aliphatic carbocycles. The van der Waals surface area contributed by atoms with E-state index in [0.717, 1.165) is 18.9 Å².